The molecule has 3 saturated carbocycles. The van der Waals surface area contributed by atoms with Gasteiger partial charge in [0, 0.05) is 6.04 Å². The van der Waals surface area contributed by atoms with E-state index in [0.29, 0.717) is 6.04 Å². The second-order valence-corrected chi connectivity index (χ2v) is 6.69. The maximum absolute atomic E-state index is 6.00. The maximum Gasteiger partial charge on any atom is 0.00390 e. The van der Waals surface area contributed by atoms with Crippen molar-refractivity contribution in [1.29, 1.82) is 0 Å². The van der Waals surface area contributed by atoms with Gasteiger partial charge in [0.1, 0.15) is 0 Å². The van der Waals surface area contributed by atoms with Gasteiger partial charge in [0.25, 0.3) is 0 Å². The molecule has 0 spiro atoms. The van der Waals surface area contributed by atoms with Gasteiger partial charge in [0.05, 0.1) is 0 Å². The summed E-state index contributed by atoms with van der Waals surface area (Å²) in [5.74, 6) is 4.39. The molecule has 0 atom stereocenters. The first-order chi connectivity index (χ1) is 7.83. The van der Waals surface area contributed by atoms with Gasteiger partial charge in [0.15, 0.2) is 0 Å². The lowest BCUT2D eigenvalue weighted by Crippen LogP contribution is -2.31. The summed E-state index contributed by atoms with van der Waals surface area (Å²) >= 11 is 0. The molecular weight excluding hydrogens is 194 g/mol. The molecule has 0 radical (unpaired) electrons. The van der Waals surface area contributed by atoms with Crippen molar-refractivity contribution in [2.45, 2.75) is 70.3 Å². The summed E-state index contributed by atoms with van der Waals surface area (Å²) in [4.78, 5) is 0. The summed E-state index contributed by atoms with van der Waals surface area (Å²) in [6, 6.07) is 0.527. The normalized spacial score (nSPS) is 45.6. The Kier molecular flexibility index (Phi) is 3.24. The van der Waals surface area contributed by atoms with Crippen LogP contribution in [0.3, 0.4) is 0 Å². The van der Waals surface area contributed by atoms with Crippen LogP contribution < -0.4 is 5.73 Å². The topological polar surface area (TPSA) is 26.0 Å². The second-order valence-electron chi connectivity index (χ2n) is 6.69. The van der Waals surface area contributed by atoms with Gasteiger partial charge in [0.2, 0.25) is 0 Å². The minimum atomic E-state index is 0.527. The summed E-state index contributed by atoms with van der Waals surface area (Å²) in [6.45, 7) is 0. The van der Waals surface area contributed by atoms with E-state index in [0.717, 1.165) is 23.7 Å². The average molecular weight is 221 g/mol. The smallest absolute Gasteiger partial charge is 0.00390 e. The highest BCUT2D eigenvalue weighted by molar-refractivity contribution is 4.88. The number of nitrogens with two attached hydrogens (primary N) is 1. The Labute approximate surface area is 100 Å². The number of hydrogen-bond acceptors (Lipinski definition) is 1. The fourth-order valence-electron chi connectivity index (χ4n) is 4.27. The van der Waals surface area contributed by atoms with Gasteiger partial charge in [-0.3, -0.25) is 0 Å². The molecule has 0 aromatic carbocycles. The second kappa shape index (κ2) is 4.68. The fraction of sp³-hybridized carbons (Fsp3) is 1.00. The lowest BCUT2D eigenvalue weighted by Gasteiger charge is -2.37. The van der Waals surface area contributed by atoms with Gasteiger partial charge in [-0.1, -0.05) is 0 Å². The van der Waals surface area contributed by atoms with Crippen molar-refractivity contribution in [1.82, 2.24) is 0 Å². The van der Waals surface area contributed by atoms with Crippen molar-refractivity contribution in [3.05, 3.63) is 0 Å². The average Bonchev–Trinajstić information content (AvgIpc) is 3.14. The van der Waals surface area contributed by atoms with Crippen molar-refractivity contribution < 1.29 is 0 Å². The van der Waals surface area contributed by atoms with E-state index in [9.17, 15) is 0 Å². The Balaban J connectivity index is 1.46. The molecule has 3 aliphatic carbocycles. The first kappa shape index (κ1) is 11.1. The van der Waals surface area contributed by atoms with Crippen molar-refractivity contribution in [3.63, 3.8) is 0 Å². The zero-order chi connectivity index (χ0) is 11.0. The van der Waals surface area contributed by atoms with E-state index >= 15 is 0 Å². The standard InChI is InChI=1S/C15H27N/c16-15-9-7-14(8-10-15)13-5-3-12(4-6-13)11-1-2-11/h11-15H,1-10,16H2. The highest BCUT2D eigenvalue weighted by Crippen LogP contribution is 2.47. The molecule has 3 rings (SSSR count). The van der Waals surface area contributed by atoms with Gasteiger partial charge in [-0.2, -0.15) is 0 Å². The van der Waals surface area contributed by atoms with Crippen LogP contribution in [-0.4, -0.2) is 6.04 Å². The summed E-state index contributed by atoms with van der Waals surface area (Å²) in [7, 11) is 0. The van der Waals surface area contributed by atoms with E-state index in [1.54, 1.807) is 38.5 Å². The van der Waals surface area contributed by atoms with Crippen molar-refractivity contribution in [2.75, 3.05) is 0 Å². The Morgan fingerprint density at radius 3 is 1.00 bits per heavy atom. The molecule has 1 nitrogen and oxygen atoms in total. The van der Waals surface area contributed by atoms with Crippen LogP contribution in [0.25, 0.3) is 0 Å². The molecule has 0 amide bonds. The molecule has 2 N–H and O–H groups in total. The van der Waals surface area contributed by atoms with Gasteiger partial charge >= 0.3 is 0 Å². The van der Waals surface area contributed by atoms with E-state index in [1.807, 2.05) is 0 Å². The fourth-order valence-corrected chi connectivity index (χ4v) is 4.27. The quantitative estimate of drug-likeness (QED) is 0.755. The van der Waals surface area contributed by atoms with E-state index in [-0.39, 0.29) is 0 Å². The van der Waals surface area contributed by atoms with Gasteiger partial charge in [-0.15, -0.1) is 0 Å². The molecule has 0 heterocycles. The molecule has 1 heteroatoms. The highest BCUT2D eigenvalue weighted by atomic mass is 14.6. The van der Waals surface area contributed by atoms with Crippen LogP contribution in [0.2, 0.25) is 0 Å². The summed E-state index contributed by atoms with van der Waals surface area (Å²) < 4.78 is 0. The van der Waals surface area contributed by atoms with Gasteiger partial charge in [-0.05, 0) is 87.9 Å². The SMILES string of the molecule is NC1CCC(C2CCC(C3CC3)CC2)CC1. The predicted molar refractivity (Wildman–Crippen MR) is 68.1 cm³/mol. The Morgan fingerprint density at radius 1 is 0.438 bits per heavy atom. The molecule has 92 valence electrons. The van der Waals surface area contributed by atoms with Crippen molar-refractivity contribution in [2.24, 2.45) is 29.4 Å². The molecule has 0 unspecified atom stereocenters. The van der Waals surface area contributed by atoms with E-state index in [1.165, 1.54) is 25.7 Å². The summed E-state index contributed by atoms with van der Waals surface area (Å²) in [5, 5.41) is 0. The molecule has 0 aromatic rings. The molecule has 0 aliphatic heterocycles. The first-order valence-electron chi connectivity index (χ1n) is 7.58. The van der Waals surface area contributed by atoms with E-state index < -0.39 is 0 Å². The van der Waals surface area contributed by atoms with Crippen LogP contribution in [0.15, 0.2) is 0 Å². The van der Waals surface area contributed by atoms with Crippen LogP contribution >= 0.6 is 0 Å². The largest absolute Gasteiger partial charge is 0.328 e. The molecular formula is C15H27N. The summed E-state index contributed by atoms with van der Waals surface area (Å²) in [5.41, 5.74) is 6.00. The van der Waals surface area contributed by atoms with Crippen LogP contribution in [0, 0.1) is 23.7 Å². The van der Waals surface area contributed by atoms with E-state index in [2.05, 4.69) is 0 Å². The molecule has 0 saturated heterocycles. The maximum atomic E-state index is 6.00. The molecule has 3 fully saturated rings. The van der Waals surface area contributed by atoms with E-state index in [4.69, 9.17) is 5.73 Å². The van der Waals surface area contributed by atoms with Gasteiger partial charge < -0.3 is 5.73 Å². The van der Waals surface area contributed by atoms with Crippen LogP contribution in [0.1, 0.15) is 64.2 Å². The lowest BCUT2D eigenvalue weighted by atomic mass is 9.69. The molecule has 0 bridgehead atoms. The first-order valence-corrected chi connectivity index (χ1v) is 7.58. The van der Waals surface area contributed by atoms with Gasteiger partial charge in [-0.25, -0.2) is 0 Å². The number of rotatable bonds is 2. The van der Waals surface area contributed by atoms with Crippen LogP contribution in [0.5, 0.6) is 0 Å². The number of hydrogen-bond donors (Lipinski definition) is 1. The zero-order valence-corrected chi connectivity index (χ0v) is 10.5. The van der Waals surface area contributed by atoms with Crippen LogP contribution in [-0.2, 0) is 0 Å². The highest BCUT2D eigenvalue weighted by Gasteiger charge is 2.36. The van der Waals surface area contributed by atoms with Crippen molar-refractivity contribution in [3.8, 4) is 0 Å². The Hall–Kier alpha value is -0.0400. The van der Waals surface area contributed by atoms with Crippen molar-refractivity contribution >= 4 is 0 Å². The minimum absolute atomic E-state index is 0.527. The Morgan fingerprint density at radius 2 is 0.688 bits per heavy atom. The third-order valence-corrected chi connectivity index (χ3v) is 5.59. The third-order valence-electron chi connectivity index (χ3n) is 5.59. The monoisotopic (exact) mass is 221 g/mol. The molecule has 16 heavy (non-hydrogen) atoms. The predicted octanol–water partition coefficient (Wildman–Crippen LogP) is 3.72. The minimum Gasteiger partial charge on any atom is -0.328 e. The zero-order valence-electron chi connectivity index (χ0n) is 10.5. The Bertz CT molecular complexity index is 218. The summed E-state index contributed by atoms with van der Waals surface area (Å²) in [6.07, 6.45) is 14.7. The molecule has 3 aliphatic rings. The van der Waals surface area contributed by atoms with Crippen LogP contribution in [0.4, 0.5) is 0 Å². The third kappa shape index (κ3) is 2.45. The lowest BCUT2D eigenvalue weighted by molar-refractivity contribution is 0.153. The molecule has 0 aromatic heterocycles.